The number of carbonyl (C=O) groups excluding carboxylic acids is 2. The van der Waals surface area contributed by atoms with E-state index in [1.54, 1.807) is 36.4 Å². The molecule has 1 heterocycles. The van der Waals surface area contributed by atoms with Crippen molar-refractivity contribution in [3.8, 4) is 11.3 Å². The second-order valence-electron chi connectivity index (χ2n) is 6.39. The van der Waals surface area contributed by atoms with Crippen LogP contribution in [-0.2, 0) is 11.2 Å². The number of nitrogens with one attached hydrogen (secondary N) is 1. The Morgan fingerprint density at radius 3 is 2.43 bits per heavy atom. The van der Waals surface area contributed by atoms with E-state index in [-0.39, 0.29) is 30.3 Å². The van der Waals surface area contributed by atoms with Crippen molar-refractivity contribution in [2.45, 2.75) is 32.6 Å². The van der Waals surface area contributed by atoms with Crippen molar-refractivity contribution >= 4 is 28.2 Å². The number of hydrogen-bond donors (Lipinski definition) is 1. The molecular formula is C22H21FN2O2S. The first-order chi connectivity index (χ1) is 13.6. The van der Waals surface area contributed by atoms with E-state index in [4.69, 9.17) is 0 Å². The lowest BCUT2D eigenvalue weighted by Gasteiger charge is -2.02. The monoisotopic (exact) mass is 396 g/mol. The Labute approximate surface area is 167 Å². The Balaban J connectivity index is 1.66. The summed E-state index contributed by atoms with van der Waals surface area (Å²) in [6, 6.07) is 15.1. The summed E-state index contributed by atoms with van der Waals surface area (Å²) in [4.78, 5) is 30.0. The molecule has 0 bridgehead atoms. The second-order valence-corrected chi connectivity index (χ2v) is 7.47. The standard InChI is InChI=1S/C22H21FN2O2S/c1-2-6-19-21(16-9-11-17(23)12-10-16)25-22(28-19)24-20(27)14-13-18(26)15-7-4-3-5-8-15/h3-5,7-12H,2,6,13-14H2,1H3,(H,24,25,27). The predicted octanol–water partition coefficient (Wildman–Crippen LogP) is 5.50. The topological polar surface area (TPSA) is 59.1 Å². The lowest BCUT2D eigenvalue weighted by atomic mass is 10.1. The number of Topliss-reactive ketones (excluding diaryl/α,β-unsaturated/α-hetero) is 1. The number of halogens is 1. The molecule has 0 aliphatic carbocycles. The summed E-state index contributed by atoms with van der Waals surface area (Å²) in [5, 5.41) is 3.29. The fourth-order valence-electron chi connectivity index (χ4n) is 2.81. The average Bonchev–Trinajstić information content (AvgIpc) is 3.10. The van der Waals surface area contributed by atoms with E-state index in [1.807, 2.05) is 6.07 Å². The van der Waals surface area contributed by atoms with Gasteiger partial charge >= 0.3 is 0 Å². The van der Waals surface area contributed by atoms with Gasteiger partial charge in [-0.05, 0) is 30.7 Å². The summed E-state index contributed by atoms with van der Waals surface area (Å²) in [6.07, 6.45) is 2.01. The van der Waals surface area contributed by atoms with E-state index in [0.29, 0.717) is 10.7 Å². The van der Waals surface area contributed by atoms with Crippen LogP contribution in [-0.4, -0.2) is 16.7 Å². The molecule has 0 atom stereocenters. The highest BCUT2D eigenvalue weighted by molar-refractivity contribution is 7.16. The van der Waals surface area contributed by atoms with Gasteiger partial charge in [0.05, 0.1) is 5.69 Å². The van der Waals surface area contributed by atoms with E-state index in [1.165, 1.54) is 23.5 Å². The van der Waals surface area contributed by atoms with Gasteiger partial charge in [0.15, 0.2) is 10.9 Å². The Morgan fingerprint density at radius 1 is 1.04 bits per heavy atom. The third-order valence-corrected chi connectivity index (χ3v) is 5.24. The van der Waals surface area contributed by atoms with Crippen LogP contribution >= 0.6 is 11.3 Å². The van der Waals surface area contributed by atoms with Gasteiger partial charge in [0.2, 0.25) is 5.91 Å². The molecular weight excluding hydrogens is 375 g/mol. The Hall–Kier alpha value is -2.86. The Bertz CT molecular complexity index is 952. The molecule has 3 aromatic rings. The van der Waals surface area contributed by atoms with Gasteiger partial charge < -0.3 is 5.32 Å². The maximum Gasteiger partial charge on any atom is 0.226 e. The third kappa shape index (κ3) is 5.10. The zero-order valence-electron chi connectivity index (χ0n) is 15.6. The van der Waals surface area contributed by atoms with Crippen molar-refractivity contribution in [2.24, 2.45) is 0 Å². The van der Waals surface area contributed by atoms with Gasteiger partial charge in [0, 0.05) is 28.8 Å². The molecule has 0 aliphatic heterocycles. The molecule has 6 heteroatoms. The third-order valence-electron chi connectivity index (χ3n) is 4.21. The number of aromatic nitrogens is 1. The number of thiazole rings is 1. The normalized spacial score (nSPS) is 10.6. The van der Waals surface area contributed by atoms with Gasteiger partial charge in [-0.1, -0.05) is 43.7 Å². The van der Waals surface area contributed by atoms with Crippen LogP contribution in [0.1, 0.15) is 41.4 Å². The molecule has 0 radical (unpaired) electrons. The molecule has 0 unspecified atom stereocenters. The van der Waals surface area contributed by atoms with E-state index >= 15 is 0 Å². The molecule has 0 spiro atoms. The lowest BCUT2D eigenvalue weighted by Crippen LogP contribution is -2.13. The Morgan fingerprint density at radius 2 is 1.75 bits per heavy atom. The van der Waals surface area contributed by atoms with Crippen LogP contribution in [0.3, 0.4) is 0 Å². The van der Waals surface area contributed by atoms with E-state index in [9.17, 15) is 14.0 Å². The minimum atomic E-state index is -0.298. The molecule has 0 fully saturated rings. The maximum absolute atomic E-state index is 13.2. The summed E-state index contributed by atoms with van der Waals surface area (Å²) in [7, 11) is 0. The van der Waals surface area contributed by atoms with Crippen molar-refractivity contribution in [3.63, 3.8) is 0 Å². The number of carbonyl (C=O) groups is 2. The van der Waals surface area contributed by atoms with Gasteiger partial charge in [-0.2, -0.15) is 0 Å². The zero-order chi connectivity index (χ0) is 19.9. The minimum Gasteiger partial charge on any atom is -0.302 e. The molecule has 144 valence electrons. The van der Waals surface area contributed by atoms with Crippen molar-refractivity contribution in [2.75, 3.05) is 5.32 Å². The minimum absolute atomic E-state index is 0.0615. The zero-order valence-corrected chi connectivity index (χ0v) is 16.4. The van der Waals surface area contributed by atoms with Crippen LogP contribution in [0.15, 0.2) is 54.6 Å². The van der Waals surface area contributed by atoms with E-state index < -0.39 is 0 Å². The molecule has 2 aromatic carbocycles. The fraction of sp³-hybridized carbons (Fsp3) is 0.227. The van der Waals surface area contributed by atoms with Crippen molar-refractivity contribution in [1.82, 2.24) is 4.98 Å². The first-order valence-electron chi connectivity index (χ1n) is 9.20. The van der Waals surface area contributed by atoms with E-state index in [2.05, 4.69) is 17.2 Å². The molecule has 4 nitrogen and oxygen atoms in total. The maximum atomic E-state index is 13.2. The molecule has 1 N–H and O–H groups in total. The van der Waals surface area contributed by atoms with Gasteiger partial charge in [-0.15, -0.1) is 11.3 Å². The summed E-state index contributed by atoms with van der Waals surface area (Å²) in [5.74, 6) is -0.604. The molecule has 0 aliphatic rings. The average molecular weight is 396 g/mol. The second kappa shape index (κ2) is 9.37. The van der Waals surface area contributed by atoms with E-state index in [0.717, 1.165) is 29.0 Å². The van der Waals surface area contributed by atoms with Gasteiger partial charge in [0.1, 0.15) is 5.82 Å². The Kier molecular flexibility index (Phi) is 6.66. The van der Waals surface area contributed by atoms with Crippen molar-refractivity contribution in [1.29, 1.82) is 0 Å². The lowest BCUT2D eigenvalue weighted by molar-refractivity contribution is -0.116. The number of benzene rings is 2. The van der Waals surface area contributed by atoms with Crippen LogP contribution < -0.4 is 5.32 Å². The van der Waals surface area contributed by atoms with Crippen LogP contribution in [0.5, 0.6) is 0 Å². The van der Waals surface area contributed by atoms with Crippen LogP contribution in [0.2, 0.25) is 0 Å². The van der Waals surface area contributed by atoms with Gasteiger partial charge in [-0.3, -0.25) is 9.59 Å². The van der Waals surface area contributed by atoms with Crippen molar-refractivity contribution < 1.29 is 14.0 Å². The first-order valence-corrected chi connectivity index (χ1v) is 10.0. The number of ketones is 1. The van der Waals surface area contributed by atoms with Gasteiger partial charge in [-0.25, -0.2) is 9.37 Å². The molecule has 28 heavy (non-hydrogen) atoms. The number of nitrogens with zero attached hydrogens (tertiary/aromatic N) is 1. The largest absolute Gasteiger partial charge is 0.302 e. The number of hydrogen-bond acceptors (Lipinski definition) is 4. The highest BCUT2D eigenvalue weighted by atomic mass is 32.1. The first kappa shape index (κ1) is 19.9. The molecule has 1 aromatic heterocycles. The molecule has 0 saturated heterocycles. The number of rotatable bonds is 8. The van der Waals surface area contributed by atoms with Crippen molar-refractivity contribution in [3.05, 3.63) is 70.9 Å². The summed E-state index contributed by atoms with van der Waals surface area (Å²) >= 11 is 1.42. The summed E-state index contributed by atoms with van der Waals surface area (Å²) < 4.78 is 13.2. The number of aryl methyl sites for hydroxylation is 1. The predicted molar refractivity (Wildman–Crippen MR) is 110 cm³/mol. The number of anilines is 1. The molecule has 3 rings (SSSR count). The number of amides is 1. The van der Waals surface area contributed by atoms with Crippen LogP contribution in [0.4, 0.5) is 9.52 Å². The molecule has 1 amide bonds. The highest BCUT2D eigenvalue weighted by Gasteiger charge is 2.15. The van der Waals surface area contributed by atoms with Crippen LogP contribution in [0.25, 0.3) is 11.3 Å². The smallest absolute Gasteiger partial charge is 0.226 e. The van der Waals surface area contributed by atoms with Crippen LogP contribution in [0, 0.1) is 5.82 Å². The van der Waals surface area contributed by atoms with Gasteiger partial charge in [0.25, 0.3) is 0 Å². The molecule has 0 saturated carbocycles. The quantitative estimate of drug-likeness (QED) is 0.511. The highest BCUT2D eigenvalue weighted by Crippen LogP contribution is 2.32. The SMILES string of the molecule is CCCc1sc(NC(=O)CCC(=O)c2ccccc2)nc1-c1ccc(F)cc1. The fourth-order valence-corrected chi connectivity index (χ4v) is 3.91. The summed E-state index contributed by atoms with van der Waals surface area (Å²) in [6.45, 7) is 2.07. The summed E-state index contributed by atoms with van der Waals surface area (Å²) in [5.41, 5.74) is 2.19.